The van der Waals surface area contributed by atoms with Crippen LogP contribution in [0.1, 0.15) is 20.8 Å². The molecule has 0 aliphatic rings. The molecule has 0 heterocycles. The number of hydrogen-bond donors (Lipinski definition) is 2. The van der Waals surface area contributed by atoms with E-state index in [0.717, 1.165) is 12.1 Å². The molecule has 0 fully saturated rings. The lowest BCUT2D eigenvalue weighted by Gasteiger charge is -2.22. The first-order valence-electron chi connectivity index (χ1n) is 4.32. The second kappa shape index (κ2) is 3.44. The van der Waals surface area contributed by atoms with E-state index in [4.69, 9.17) is 5.73 Å². The van der Waals surface area contributed by atoms with Crippen molar-refractivity contribution in [3.63, 3.8) is 0 Å². The minimum atomic E-state index is -0.669. The maximum Gasteiger partial charge on any atom is 0.151 e. The molecule has 0 unspecified atom stereocenters. The summed E-state index contributed by atoms with van der Waals surface area (Å²) in [7, 11) is 0. The summed E-state index contributed by atoms with van der Waals surface area (Å²) in [5.74, 6) is -1.34. The normalized spacial score (nSPS) is 11.5. The Kier molecular flexibility index (Phi) is 2.64. The number of nitrogens with two attached hydrogens (primary N) is 1. The predicted octanol–water partition coefficient (Wildman–Crippen LogP) is 2.76. The average molecular weight is 200 g/mol. The van der Waals surface area contributed by atoms with Gasteiger partial charge in [-0.1, -0.05) is 0 Å². The van der Waals surface area contributed by atoms with Gasteiger partial charge in [-0.3, -0.25) is 0 Å². The Hall–Kier alpha value is -1.32. The molecule has 0 saturated carbocycles. The van der Waals surface area contributed by atoms with Crippen LogP contribution < -0.4 is 11.1 Å². The molecule has 1 rings (SSSR count). The zero-order valence-corrected chi connectivity index (χ0v) is 8.49. The van der Waals surface area contributed by atoms with Gasteiger partial charge >= 0.3 is 0 Å². The summed E-state index contributed by atoms with van der Waals surface area (Å²) in [6.45, 7) is 5.46. The highest BCUT2D eigenvalue weighted by atomic mass is 19.1. The van der Waals surface area contributed by atoms with Gasteiger partial charge in [-0.15, -0.1) is 0 Å². The van der Waals surface area contributed by atoms with E-state index in [1.165, 1.54) is 0 Å². The average Bonchev–Trinajstić information content (AvgIpc) is 1.95. The van der Waals surface area contributed by atoms with Crippen LogP contribution in [-0.4, -0.2) is 5.54 Å². The number of rotatable bonds is 1. The fraction of sp³-hybridized carbons (Fsp3) is 0.400. The van der Waals surface area contributed by atoms with Crippen molar-refractivity contribution in [1.29, 1.82) is 0 Å². The fourth-order valence-electron chi connectivity index (χ4n) is 1.09. The first-order valence-corrected chi connectivity index (χ1v) is 4.32. The van der Waals surface area contributed by atoms with Crippen LogP contribution in [-0.2, 0) is 0 Å². The van der Waals surface area contributed by atoms with Crippen LogP contribution in [0.25, 0.3) is 0 Å². The standard InChI is InChI=1S/C10H14F2N2/c1-10(2,3)14-9-7(11)4-6(13)5-8(9)12/h4-5,14H,13H2,1-3H3. The largest absolute Gasteiger partial charge is 0.399 e. The summed E-state index contributed by atoms with van der Waals surface area (Å²) < 4.78 is 26.5. The third-order valence-corrected chi connectivity index (χ3v) is 1.56. The molecular weight excluding hydrogens is 186 g/mol. The van der Waals surface area contributed by atoms with E-state index in [2.05, 4.69) is 5.32 Å². The Morgan fingerprint density at radius 1 is 1.14 bits per heavy atom. The van der Waals surface area contributed by atoms with E-state index in [1.54, 1.807) is 0 Å². The molecule has 0 saturated heterocycles. The molecular formula is C10H14F2N2. The first-order chi connectivity index (χ1) is 6.29. The van der Waals surface area contributed by atoms with Crippen molar-refractivity contribution in [1.82, 2.24) is 0 Å². The Bertz CT molecular complexity index is 319. The van der Waals surface area contributed by atoms with Crippen LogP contribution in [0.4, 0.5) is 20.2 Å². The lowest BCUT2D eigenvalue weighted by Crippen LogP contribution is -2.27. The highest BCUT2D eigenvalue weighted by Gasteiger charge is 2.16. The number of hydrogen-bond acceptors (Lipinski definition) is 2. The van der Waals surface area contributed by atoms with Gasteiger partial charge in [-0.2, -0.15) is 0 Å². The summed E-state index contributed by atoms with van der Waals surface area (Å²) in [6, 6.07) is 2.19. The van der Waals surface area contributed by atoms with Gasteiger partial charge in [0, 0.05) is 11.2 Å². The number of benzene rings is 1. The van der Waals surface area contributed by atoms with Crippen molar-refractivity contribution in [2.45, 2.75) is 26.3 Å². The second-order valence-corrected chi connectivity index (χ2v) is 4.23. The van der Waals surface area contributed by atoms with Crippen molar-refractivity contribution >= 4 is 11.4 Å². The summed E-state index contributed by atoms with van der Waals surface area (Å²) in [6.07, 6.45) is 0. The fourth-order valence-corrected chi connectivity index (χ4v) is 1.09. The molecule has 14 heavy (non-hydrogen) atoms. The molecule has 0 bridgehead atoms. The Balaban J connectivity index is 3.09. The summed E-state index contributed by atoms with van der Waals surface area (Å²) in [5.41, 5.74) is 4.84. The highest BCUT2D eigenvalue weighted by Crippen LogP contribution is 2.24. The molecule has 0 spiro atoms. The number of halogens is 2. The molecule has 0 aliphatic carbocycles. The SMILES string of the molecule is CC(C)(C)Nc1c(F)cc(N)cc1F. The van der Waals surface area contributed by atoms with E-state index in [9.17, 15) is 8.78 Å². The van der Waals surface area contributed by atoms with Gasteiger partial charge in [-0.25, -0.2) is 8.78 Å². The van der Waals surface area contributed by atoms with Crippen LogP contribution in [0.15, 0.2) is 12.1 Å². The molecule has 1 aromatic carbocycles. The third kappa shape index (κ3) is 2.58. The van der Waals surface area contributed by atoms with Gasteiger partial charge in [0.1, 0.15) is 5.69 Å². The number of anilines is 2. The monoisotopic (exact) mass is 200 g/mol. The first kappa shape index (κ1) is 10.8. The number of nitrogen functional groups attached to an aromatic ring is 1. The quantitative estimate of drug-likeness (QED) is 0.684. The van der Waals surface area contributed by atoms with Crippen LogP contribution >= 0.6 is 0 Å². The zero-order valence-electron chi connectivity index (χ0n) is 8.49. The van der Waals surface area contributed by atoms with E-state index >= 15 is 0 Å². The van der Waals surface area contributed by atoms with Gasteiger partial charge in [0.05, 0.1) is 0 Å². The van der Waals surface area contributed by atoms with Crippen molar-refractivity contribution in [2.75, 3.05) is 11.1 Å². The maximum absolute atomic E-state index is 13.3. The van der Waals surface area contributed by atoms with E-state index in [-0.39, 0.29) is 11.4 Å². The summed E-state index contributed by atoms with van der Waals surface area (Å²) in [5, 5.41) is 2.74. The van der Waals surface area contributed by atoms with E-state index < -0.39 is 17.2 Å². The van der Waals surface area contributed by atoms with E-state index in [1.807, 2.05) is 20.8 Å². The van der Waals surface area contributed by atoms with E-state index in [0.29, 0.717) is 0 Å². The predicted molar refractivity (Wildman–Crippen MR) is 54.1 cm³/mol. The zero-order chi connectivity index (χ0) is 10.9. The molecule has 0 radical (unpaired) electrons. The molecule has 0 amide bonds. The van der Waals surface area contributed by atoms with Gasteiger partial charge in [0.25, 0.3) is 0 Å². The van der Waals surface area contributed by atoms with Crippen molar-refractivity contribution in [3.8, 4) is 0 Å². The Morgan fingerprint density at radius 2 is 1.57 bits per heavy atom. The highest BCUT2D eigenvalue weighted by molar-refractivity contribution is 5.55. The smallest absolute Gasteiger partial charge is 0.151 e. The summed E-state index contributed by atoms with van der Waals surface area (Å²) in [4.78, 5) is 0. The topological polar surface area (TPSA) is 38.0 Å². The summed E-state index contributed by atoms with van der Waals surface area (Å²) >= 11 is 0. The van der Waals surface area contributed by atoms with Crippen LogP contribution in [0, 0.1) is 11.6 Å². The minimum Gasteiger partial charge on any atom is -0.399 e. The molecule has 1 aromatic rings. The maximum atomic E-state index is 13.3. The van der Waals surface area contributed by atoms with Crippen molar-refractivity contribution in [2.24, 2.45) is 0 Å². The molecule has 0 atom stereocenters. The van der Waals surface area contributed by atoms with Gasteiger partial charge in [0.2, 0.25) is 0 Å². The third-order valence-electron chi connectivity index (χ3n) is 1.56. The van der Waals surface area contributed by atoms with Gasteiger partial charge < -0.3 is 11.1 Å². The molecule has 3 N–H and O–H groups in total. The minimum absolute atomic E-state index is 0.0828. The van der Waals surface area contributed by atoms with Gasteiger partial charge in [0.15, 0.2) is 11.6 Å². The van der Waals surface area contributed by atoms with Crippen molar-refractivity contribution < 1.29 is 8.78 Å². The molecule has 0 aromatic heterocycles. The lowest BCUT2D eigenvalue weighted by atomic mass is 10.1. The number of nitrogens with one attached hydrogen (secondary N) is 1. The molecule has 0 aliphatic heterocycles. The molecule has 78 valence electrons. The van der Waals surface area contributed by atoms with Crippen molar-refractivity contribution in [3.05, 3.63) is 23.8 Å². The van der Waals surface area contributed by atoms with Crippen LogP contribution in [0.2, 0.25) is 0 Å². The Labute approximate surface area is 82.1 Å². The Morgan fingerprint density at radius 3 is 1.93 bits per heavy atom. The van der Waals surface area contributed by atoms with Crippen LogP contribution in [0.3, 0.4) is 0 Å². The van der Waals surface area contributed by atoms with Crippen LogP contribution in [0.5, 0.6) is 0 Å². The molecule has 2 nitrogen and oxygen atoms in total. The second-order valence-electron chi connectivity index (χ2n) is 4.23. The van der Waals surface area contributed by atoms with Gasteiger partial charge in [-0.05, 0) is 32.9 Å². The lowest BCUT2D eigenvalue weighted by molar-refractivity contribution is 0.563. The molecule has 4 heteroatoms.